The van der Waals surface area contributed by atoms with Crippen molar-refractivity contribution in [3.05, 3.63) is 5.82 Å². The summed E-state index contributed by atoms with van der Waals surface area (Å²) in [4.78, 5) is 22.3. The average Bonchev–Trinajstić information content (AvgIpc) is 3.23. The third-order valence-electron chi connectivity index (χ3n) is 5.47. The SMILES string of the molecule is O=C(O)CCCS(=O)(=O)CC(=O)CCCCCCCCCCCCCCCc1nn[nH]n1. The van der Waals surface area contributed by atoms with E-state index in [4.69, 9.17) is 5.11 Å². The van der Waals surface area contributed by atoms with E-state index in [2.05, 4.69) is 20.6 Å². The van der Waals surface area contributed by atoms with Gasteiger partial charge in [0, 0.05) is 19.3 Å². The van der Waals surface area contributed by atoms with Crippen LogP contribution in [0, 0.1) is 0 Å². The van der Waals surface area contributed by atoms with Crippen molar-refractivity contribution in [2.24, 2.45) is 0 Å². The Balaban J connectivity index is 1.82. The van der Waals surface area contributed by atoms with E-state index in [0.29, 0.717) is 6.42 Å². The molecule has 0 fully saturated rings. The van der Waals surface area contributed by atoms with Crippen molar-refractivity contribution in [1.29, 1.82) is 0 Å². The molecular formula is C22H40N4O5S. The summed E-state index contributed by atoms with van der Waals surface area (Å²) < 4.78 is 23.6. The largest absolute Gasteiger partial charge is 0.481 e. The van der Waals surface area contributed by atoms with E-state index in [1.165, 1.54) is 51.4 Å². The van der Waals surface area contributed by atoms with E-state index in [0.717, 1.165) is 44.3 Å². The molecule has 1 rings (SSSR count). The summed E-state index contributed by atoms with van der Waals surface area (Å²) in [5, 5.41) is 22.5. The first kappa shape index (κ1) is 28.2. The number of H-pyrrole nitrogens is 1. The fraction of sp³-hybridized carbons (Fsp3) is 0.864. The Bertz CT molecular complexity index is 723. The highest BCUT2D eigenvalue weighted by molar-refractivity contribution is 7.92. The third kappa shape index (κ3) is 16.8. The van der Waals surface area contributed by atoms with E-state index in [1.54, 1.807) is 0 Å². The number of tetrazole rings is 1. The number of carboxylic acids is 1. The lowest BCUT2D eigenvalue weighted by Crippen LogP contribution is -2.19. The lowest BCUT2D eigenvalue weighted by Gasteiger charge is -2.04. The van der Waals surface area contributed by atoms with Crippen LogP contribution in [0.15, 0.2) is 0 Å². The van der Waals surface area contributed by atoms with E-state index in [9.17, 15) is 18.0 Å². The molecule has 0 bridgehead atoms. The number of nitrogens with zero attached hydrogens (tertiary/aromatic N) is 3. The number of Topliss-reactive ketones (excluding diaryl/α,β-unsaturated/α-hetero) is 1. The molecule has 0 amide bonds. The number of aryl methyl sites for hydroxylation is 1. The molecule has 0 unspecified atom stereocenters. The minimum Gasteiger partial charge on any atom is -0.481 e. The predicted molar refractivity (Wildman–Crippen MR) is 123 cm³/mol. The molecule has 0 radical (unpaired) electrons. The van der Waals surface area contributed by atoms with Crippen LogP contribution in [0.4, 0.5) is 0 Å². The van der Waals surface area contributed by atoms with Crippen molar-refractivity contribution in [2.75, 3.05) is 11.5 Å². The number of aromatic amines is 1. The zero-order valence-electron chi connectivity index (χ0n) is 19.3. The van der Waals surface area contributed by atoms with Crippen LogP contribution in [0.1, 0.15) is 109 Å². The van der Waals surface area contributed by atoms with E-state index in [1.807, 2.05) is 0 Å². The van der Waals surface area contributed by atoms with Crippen LogP contribution in [-0.4, -0.2) is 57.4 Å². The molecule has 32 heavy (non-hydrogen) atoms. The van der Waals surface area contributed by atoms with Crippen LogP contribution >= 0.6 is 0 Å². The number of carboxylic acid groups (broad SMARTS) is 1. The van der Waals surface area contributed by atoms with Crippen LogP contribution in [0.5, 0.6) is 0 Å². The fourth-order valence-electron chi connectivity index (χ4n) is 3.67. The van der Waals surface area contributed by atoms with Crippen molar-refractivity contribution in [3.63, 3.8) is 0 Å². The van der Waals surface area contributed by atoms with Gasteiger partial charge >= 0.3 is 5.97 Å². The highest BCUT2D eigenvalue weighted by Crippen LogP contribution is 2.13. The van der Waals surface area contributed by atoms with Gasteiger partial charge in [-0.25, -0.2) is 8.42 Å². The van der Waals surface area contributed by atoms with Gasteiger partial charge in [-0.1, -0.05) is 75.8 Å². The first-order valence-corrected chi connectivity index (χ1v) is 13.9. The van der Waals surface area contributed by atoms with Gasteiger partial charge in [0.15, 0.2) is 15.7 Å². The molecule has 0 aliphatic carbocycles. The molecule has 0 aliphatic rings. The Morgan fingerprint density at radius 2 is 1.28 bits per heavy atom. The number of ketones is 1. The smallest absolute Gasteiger partial charge is 0.303 e. The molecule has 1 aromatic rings. The number of unbranched alkanes of at least 4 members (excludes halogenated alkanes) is 12. The van der Waals surface area contributed by atoms with Gasteiger partial charge in [-0.05, 0) is 19.3 Å². The molecular weight excluding hydrogens is 432 g/mol. The molecule has 0 aliphatic heterocycles. The molecule has 0 saturated heterocycles. The molecule has 9 nitrogen and oxygen atoms in total. The van der Waals surface area contributed by atoms with Crippen molar-refractivity contribution in [3.8, 4) is 0 Å². The number of aliphatic carboxylic acids is 1. The lowest BCUT2D eigenvalue weighted by atomic mass is 10.0. The standard InChI is InChI=1S/C22H40N4O5S/c27-20(19-32(30,31)18-14-17-22(28)29)15-12-10-8-6-4-2-1-3-5-7-9-11-13-16-21-23-25-26-24-21/h1-19H2,(H,28,29)(H,23,24,25,26). The highest BCUT2D eigenvalue weighted by Gasteiger charge is 2.16. The number of hydrogen-bond acceptors (Lipinski definition) is 7. The number of rotatable bonds is 22. The summed E-state index contributed by atoms with van der Waals surface area (Å²) in [6.45, 7) is 0. The molecule has 1 heterocycles. The molecule has 184 valence electrons. The van der Waals surface area contributed by atoms with Crippen LogP contribution < -0.4 is 0 Å². The van der Waals surface area contributed by atoms with Gasteiger partial charge in [0.25, 0.3) is 0 Å². The Morgan fingerprint density at radius 1 is 0.750 bits per heavy atom. The summed E-state index contributed by atoms with van der Waals surface area (Å²) in [6.07, 6.45) is 16.2. The van der Waals surface area contributed by atoms with Gasteiger partial charge in [0.2, 0.25) is 0 Å². The van der Waals surface area contributed by atoms with Crippen LogP contribution in [0.25, 0.3) is 0 Å². The zero-order valence-corrected chi connectivity index (χ0v) is 20.1. The predicted octanol–water partition coefficient (Wildman–Crippen LogP) is 4.05. The number of sulfone groups is 1. The minimum atomic E-state index is -3.48. The quantitative estimate of drug-likeness (QED) is 0.241. The van der Waals surface area contributed by atoms with E-state index >= 15 is 0 Å². The minimum absolute atomic E-state index is 0.0630. The molecule has 0 atom stereocenters. The second-order valence-electron chi connectivity index (χ2n) is 8.55. The molecule has 10 heteroatoms. The first-order valence-electron chi connectivity index (χ1n) is 12.1. The maximum absolute atomic E-state index is 11.8. The molecule has 2 N–H and O–H groups in total. The van der Waals surface area contributed by atoms with E-state index < -0.39 is 21.6 Å². The number of nitrogens with one attached hydrogen (secondary N) is 1. The molecule has 1 aromatic heterocycles. The van der Waals surface area contributed by atoms with Gasteiger partial charge in [0.05, 0.1) is 5.75 Å². The highest BCUT2D eigenvalue weighted by atomic mass is 32.2. The Hall–Kier alpha value is -1.84. The summed E-state index contributed by atoms with van der Waals surface area (Å²) >= 11 is 0. The van der Waals surface area contributed by atoms with E-state index in [-0.39, 0.29) is 24.4 Å². The first-order chi connectivity index (χ1) is 15.4. The maximum atomic E-state index is 11.8. The second-order valence-corrected chi connectivity index (χ2v) is 10.7. The van der Waals surface area contributed by atoms with Crippen molar-refractivity contribution in [1.82, 2.24) is 20.6 Å². The average molecular weight is 473 g/mol. The fourth-order valence-corrected chi connectivity index (χ4v) is 5.03. The van der Waals surface area contributed by atoms with Gasteiger partial charge in [-0.3, -0.25) is 9.59 Å². The van der Waals surface area contributed by atoms with Gasteiger partial charge < -0.3 is 5.11 Å². The van der Waals surface area contributed by atoms with Crippen molar-refractivity contribution >= 4 is 21.6 Å². The van der Waals surface area contributed by atoms with Crippen LogP contribution in [0.3, 0.4) is 0 Å². The number of carbonyl (C=O) groups is 2. The van der Waals surface area contributed by atoms with Gasteiger partial charge in [0.1, 0.15) is 11.5 Å². The third-order valence-corrected chi connectivity index (χ3v) is 7.14. The Kier molecular flexibility index (Phi) is 15.6. The second kappa shape index (κ2) is 17.7. The van der Waals surface area contributed by atoms with Crippen LogP contribution in [-0.2, 0) is 25.8 Å². The monoisotopic (exact) mass is 472 g/mol. The number of aromatic nitrogens is 4. The zero-order chi connectivity index (χ0) is 23.5. The Labute approximate surface area is 192 Å². The van der Waals surface area contributed by atoms with Crippen molar-refractivity contribution in [2.45, 2.75) is 109 Å². The van der Waals surface area contributed by atoms with Crippen LogP contribution in [0.2, 0.25) is 0 Å². The number of carbonyl (C=O) groups excluding carboxylic acids is 1. The van der Waals surface area contributed by atoms with Crippen molar-refractivity contribution < 1.29 is 23.1 Å². The topological polar surface area (TPSA) is 143 Å². The summed E-state index contributed by atoms with van der Waals surface area (Å²) in [6, 6.07) is 0. The molecule has 0 saturated carbocycles. The lowest BCUT2D eigenvalue weighted by molar-refractivity contribution is -0.137. The summed E-state index contributed by atoms with van der Waals surface area (Å²) in [7, 11) is -3.48. The molecule has 0 aromatic carbocycles. The normalized spacial score (nSPS) is 11.6. The van der Waals surface area contributed by atoms with Gasteiger partial charge in [-0.2, -0.15) is 5.21 Å². The number of hydrogen-bond donors (Lipinski definition) is 2. The summed E-state index contributed by atoms with van der Waals surface area (Å²) in [5.74, 6) is -1.15. The molecule has 0 spiro atoms. The maximum Gasteiger partial charge on any atom is 0.303 e. The Morgan fingerprint density at radius 3 is 1.78 bits per heavy atom. The van der Waals surface area contributed by atoms with Gasteiger partial charge in [-0.15, -0.1) is 10.2 Å². The summed E-state index contributed by atoms with van der Waals surface area (Å²) in [5.41, 5.74) is 0.